The van der Waals surface area contributed by atoms with Gasteiger partial charge in [-0.15, -0.1) is 0 Å². The second-order valence-corrected chi connectivity index (χ2v) is 10.8. The van der Waals surface area contributed by atoms with Crippen molar-refractivity contribution in [1.82, 2.24) is 9.97 Å². The smallest absolute Gasteiger partial charge is 0.226 e. The number of ether oxygens (including phenoxy) is 1. The first kappa shape index (κ1) is 19.1. The number of rotatable bonds is 3. The van der Waals surface area contributed by atoms with Gasteiger partial charge in [0, 0.05) is 42.4 Å². The zero-order chi connectivity index (χ0) is 20.4. The Morgan fingerprint density at radius 3 is 2.41 bits per heavy atom. The van der Waals surface area contributed by atoms with E-state index in [1.54, 1.807) is 0 Å². The summed E-state index contributed by atoms with van der Waals surface area (Å²) in [6.07, 6.45) is 6.85. The highest BCUT2D eigenvalue weighted by Crippen LogP contribution is 2.55. The molecule has 6 nitrogen and oxygen atoms in total. The Bertz CT molecular complexity index is 910. The fourth-order valence-electron chi connectivity index (χ4n) is 5.90. The molecule has 1 aromatic heterocycles. The molecule has 0 bridgehead atoms. The summed E-state index contributed by atoms with van der Waals surface area (Å²) in [5.41, 5.74) is 8.22. The monoisotopic (exact) mass is 395 g/mol. The van der Waals surface area contributed by atoms with Gasteiger partial charge in [-0.1, -0.05) is 0 Å². The lowest BCUT2D eigenvalue weighted by Gasteiger charge is -2.57. The number of nitrogens with zero attached hydrogens (tertiary/aromatic N) is 3. The minimum absolute atomic E-state index is 0.224. The number of morpholine rings is 1. The summed E-state index contributed by atoms with van der Waals surface area (Å²) in [4.78, 5) is 11.8. The average Bonchev–Trinajstić information content (AvgIpc) is 2.55. The van der Waals surface area contributed by atoms with Crippen molar-refractivity contribution in [1.29, 1.82) is 0 Å². The van der Waals surface area contributed by atoms with Crippen molar-refractivity contribution in [2.45, 2.75) is 76.7 Å². The highest BCUT2D eigenvalue weighted by Gasteiger charge is 2.51. The van der Waals surface area contributed by atoms with Crippen molar-refractivity contribution in [2.75, 3.05) is 23.3 Å². The first-order valence-corrected chi connectivity index (χ1v) is 10.8. The summed E-state index contributed by atoms with van der Waals surface area (Å²) in [6, 6.07) is 7.42. The van der Waals surface area contributed by atoms with Crippen LogP contribution in [-0.2, 0) is 4.74 Å². The van der Waals surface area contributed by atoms with Crippen molar-refractivity contribution < 1.29 is 4.74 Å². The molecular weight excluding hydrogens is 362 g/mol. The minimum atomic E-state index is -0.224. The van der Waals surface area contributed by atoms with Gasteiger partial charge in [-0.25, -0.2) is 9.97 Å². The molecule has 29 heavy (non-hydrogen) atoms. The van der Waals surface area contributed by atoms with Gasteiger partial charge in [-0.05, 0) is 77.0 Å². The van der Waals surface area contributed by atoms with Crippen molar-refractivity contribution in [3.63, 3.8) is 0 Å². The average molecular weight is 396 g/mol. The summed E-state index contributed by atoms with van der Waals surface area (Å²) in [5.74, 6) is 0.782. The molecule has 6 heteroatoms. The lowest BCUT2D eigenvalue weighted by Crippen LogP contribution is -2.57. The van der Waals surface area contributed by atoms with Crippen LogP contribution in [0.25, 0.3) is 10.9 Å². The van der Waals surface area contributed by atoms with Crippen LogP contribution < -0.4 is 16.0 Å². The zero-order valence-corrected chi connectivity index (χ0v) is 18.0. The molecule has 2 heterocycles. The molecule has 1 aromatic carbocycles. The van der Waals surface area contributed by atoms with Gasteiger partial charge in [0.1, 0.15) is 0 Å². The fourth-order valence-corrected chi connectivity index (χ4v) is 5.90. The van der Waals surface area contributed by atoms with E-state index in [0.717, 1.165) is 35.6 Å². The summed E-state index contributed by atoms with van der Waals surface area (Å²) in [7, 11) is 0. The maximum Gasteiger partial charge on any atom is 0.226 e. The van der Waals surface area contributed by atoms with Crippen molar-refractivity contribution in [2.24, 2.45) is 11.1 Å². The molecule has 5 rings (SSSR count). The molecule has 1 saturated heterocycles. The number of anilines is 2. The third-order valence-electron chi connectivity index (χ3n) is 6.67. The van der Waals surface area contributed by atoms with E-state index in [4.69, 9.17) is 15.5 Å². The Labute approximate surface area is 173 Å². The number of nitrogens with one attached hydrogen (secondary N) is 1. The topological polar surface area (TPSA) is 76.3 Å². The van der Waals surface area contributed by atoms with Gasteiger partial charge < -0.3 is 20.7 Å². The Morgan fingerprint density at radius 2 is 1.76 bits per heavy atom. The van der Waals surface area contributed by atoms with Crippen LogP contribution in [0.3, 0.4) is 0 Å². The Kier molecular flexibility index (Phi) is 4.13. The van der Waals surface area contributed by atoms with E-state index >= 15 is 0 Å². The largest absolute Gasteiger partial charge is 0.382 e. The van der Waals surface area contributed by atoms with Crippen LogP contribution in [0, 0.1) is 5.41 Å². The maximum absolute atomic E-state index is 6.19. The second kappa shape index (κ2) is 6.29. The van der Waals surface area contributed by atoms with Crippen LogP contribution in [0.1, 0.15) is 53.4 Å². The molecule has 3 N–H and O–H groups in total. The maximum atomic E-state index is 6.19. The zero-order valence-electron chi connectivity index (χ0n) is 18.0. The predicted octanol–water partition coefficient (Wildman–Crippen LogP) is 3.71. The molecule has 2 aromatic rings. The molecule has 2 aliphatic carbocycles. The number of benzene rings is 1. The number of aromatic nitrogens is 2. The highest BCUT2D eigenvalue weighted by atomic mass is 16.5. The summed E-state index contributed by atoms with van der Waals surface area (Å²) >= 11 is 0. The molecule has 0 atom stereocenters. The summed E-state index contributed by atoms with van der Waals surface area (Å²) in [5, 5.41) is 4.76. The summed E-state index contributed by atoms with van der Waals surface area (Å²) in [6.45, 7) is 10.1. The van der Waals surface area contributed by atoms with Crippen molar-refractivity contribution >= 4 is 22.5 Å². The molecule has 0 radical (unpaired) electrons. The Balaban J connectivity index is 1.30. The van der Waals surface area contributed by atoms with Crippen LogP contribution in [0.4, 0.5) is 11.6 Å². The van der Waals surface area contributed by atoms with E-state index in [-0.39, 0.29) is 11.2 Å². The normalized spacial score (nSPS) is 32.7. The van der Waals surface area contributed by atoms with Crippen LogP contribution in [0.2, 0.25) is 0 Å². The summed E-state index contributed by atoms with van der Waals surface area (Å²) < 4.78 is 6.19. The third-order valence-corrected chi connectivity index (χ3v) is 6.67. The molecular formula is C23H33N5O. The highest BCUT2D eigenvalue weighted by molar-refractivity contribution is 5.82. The molecule has 1 aliphatic heterocycles. The molecule has 2 saturated carbocycles. The molecule has 0 unspecified atom stereocenters. The van der Waals surface area contributed by atoms with Gasteiger partial charge in [0.2, 0.25) is 5.95 Å². The van der Waals surface area contributed by atoms with Crippen LogP contribution in [0.5, 0.6) is 0 Å². The number of nitrogens with two attached hydrogens (primary N) is 1. The van der Waals surface area contributed by atoms with Gasteiger partial charge in [0.25, 0.3) is 0 Å². The van der Waals surface area contributed by atoms with Crippen LogP contribution in [-0.4, -0.2) is 46.3 Å². The van der Waals surface area contributed by atoms with Crippen LogP contribution >= 0.6 is 0 Å². The standard InChI is InChI=1S/C23H33N5O/c1-21(2)13-28(14-22(3,4)29-21)20-25-12-15-7-17(5-6-19(15)27-20)26-18-10-23(11-18)8-16(24)9-23/h5-7,12,16,18,26H,8-11,13-14,24H2,1-4H3. The molecule has 1 spiro atoms. The molecule has 156 valence electrons. The van der Waals surface area contributed by atoms with E-state index in [1.165, 1.54) is 25.7 Å². The second-order valence-electron chi connectivity index (χ2n) is 10.8. The van der Waals surface area contributed by atoms with E-state index in [2.05, 4.69) is 61.1 Å². The minimum Gasteiger partial charge on any atom is -0.382 e. The molecule has 0 amide bonds. The van der Waals surface area contributed by atoms with Gasteiger partial charge in [-0.3, -0.25) is 0 Å². The van der Waals surface area contributed by atoms with Crippen LogP contribution in [0.15, 0.2) is 24.4 Å². The fraction of sp³-hybridized carbons (Fsp3) is 0.652. The molecule has 3 fully saturated rings. The number of hydrogen-bond acceptors (Lipinski definition) is 6. The van der Waals surface area contributed by atoms with Gasteiger partial charge in [0.15, 0.2) is 0 Å². The first-order valence-electron chi connectivity index (χ1n) is 10.8. The quantitative estimate of drug-likeness (QED) is 0.825. The van der Waals surface area contributed by atoms with E-state index in [0.29, 0.717) is 17.5 Å². The lowest BCUT2D eigenvalue weighted by molar-refractivity contribution is -0.133. The Hall–Kier alpha value is -1.92. The van der Waals surface area contributed by atoms with Crippen molar-refractivity contribution in [3.8, 4) is 0 Å². The number of hydrogen-bond donors (Lipinski definition) is 2. The van der Waals surface area contributed by atoms with Crippen molar-refractivity contribution in [3.05, 3.63) is 24.4 Å². The van der Waals surface area contributed by atoms with Gasteiger partial charge in [0.05, 0.1) is 16.7 Å². The Morgan fingerprint density at radius 1 is 1.07 bits per heavy atom. The van der Waals surface area contributed by atoms with Gasteiger partial charge in [-0.2, -0.15) is 0 Å². The van der Waals surface area contributed by atoms with E-state index in [9.17, 15) is 0 Å². The van der Waals surface area contributed by atoms with E-state index in [1.807, 2.05) is 6.20 Å². The lowest BCUT2D eigenvalue weighted by atomic mass is 9.52. The van der Waals surface area contributed by atoms with E-state index < -0.39 is 0 Å². The predicted molar refractivity (Wildman–Crippen MR) is 117 cm³/mol. The number of fused-ring (bicyclic) bond motifs is 1. The third kappa shape index (κ3) is 3.68. The molecule has 3 aliphatic rings. The first-order chi connectivity index (χ1) is 13.6. The SMILES string of the molecule is CC1(C)CN(c2ncc3cc(NC4CC5(CC(N)C5)C4)ccc3n2)CC(C)(C)O1. The van der Waals surface area contributed by atoms with Gasteiger partial charge >= 0.3 is 0 Å².